The number of carbonyl (C=O) groups is 3. The molecule has 1 aromatic heterocycles. The molecule has 1 fully saturated rings. The number of pyridine rings is 1. The Hall–Kier alpha value is -2.24. The summed E-state index contributed by atoms with van der Waals surface area (Å²) >= 11 is 0. The van der Waals surface area contributed by atoms with Gasteiger partial charge in [-0.1, -0.05) is 0 Å². The second kappa shape index (κ2) is 5.39. The van der Waals surface area contributed by atoms with Gasteiger partial charge in [0.25, 0.3) is 5.91 Å². The zero-order chi connectivity index (χ0) is 13.0. The van der Waals surface area contributed by atoms with E-state index in [2.05, 4.69) is 10.3 Å². The molecule has 0 saturated carbocycles. The maximum atomic E-state index is 11.6. The van der Waals surface area contributed by atoms with Crippen molar-refractivity contribution in [3.63, 3.8) is 0 Å². The van der Waals surface area contributed by atoms with Crippen LogP contribution >= 0.6 is 0 Å². The SMILES string of the molecule is O=C1CC(=O)N(CCNC(=O)c2cccnc2)C1. The predicted octanol–water partition coefficient (Wildman–Crippen LogP) is -0.387. The lowest BCUT2D eigenvalue weighted by molar-refractivity contribution is -0.127. The lowest BCUT2D eigenvalue weighted by atomic mass is 10.3. The van der Waals surface area contributed by atoms with Crippen LogP contribution in [0.3, 0.4) is 0 Å². The van der Waals surface area contributed by atoms with E-state index in [1.165, 1.54) is 11.1 Å². The predicted molar refractivity (Wildman–Crippen MR) is 62.8 cm³/mol. The number of amides is 2. The van der Waals surface area contributed by atoms with Crippen molar-refractivity contribution in [3.8, 4) is 0 Å². The Bertz CT molecular complexity index is 473. The van der Waals surface area contributed by atoms with Crippen LogP contribution < -0.4 is 5.32 Å². The first-order valence-corrected chi connectivity index (χ1v) is 5.64. The summed E-state index contributed by atoms with van der Waals surface area (Å²) in [6.45, 7) is 0.838. The third kappa shape index (κ3) is 2.91. The van der Waals surface area contributed by atoms with Gasteiger partial charge >= 0.3 is 0 Å². The van der Waals surface area contributed by atoms with E-state index in [4.69, 9.17) is 0 Å². The van der Waals surface area contributed by atoms with Gasteiger partial charge in [-0.3, -0.25) is 19.4 Å². The lowest BCUT2D eigenvalue weighted by Gasteiger charge is -2.14. The Morgan fingerprint density at radius 3 is 2.89 bits per heavy atom. The highest BCUT2D eigenvalue weighted by Crippen LogP contribution is 2.05. The van der Waals surface area contributed by atoms with Gasteiger partial charge in [0.1, 0.15) is 0 Å². The van der Waals surface area contributed by atoms with E-state index in [0.717, 1.165) is 0 Å². The smallest absolute Gasteiger partial charge is 0.252 e. The van der Waals surface area contributed by atoms with Crippen molar-refractivity contribution >= 4 is 17.6 Å². The van der Waals surface area contributed by atoms with Crippen LogP contribution in [0.2, 0.25) is 0 Å². The molecule has 1 N–H and O–H groups in total. The lowest BCUT2D eigenvalue weighted by Crippen LogP contribution is -2.35. The van der Waals surface area contributed by atoms with Crippen molar-refractivity contribution in [1.29, 1.82) is 0 Å². The number of nitrogens with one attached hydrogen (secondary N) is 1. The average Bonchev–Trinajstić information content (AvgIpc) is 2.69. The molecule has 0 radical (unpaired) electrons. The fourth-order valence-corrected chi connectivity index (χ4v) is 1.74. The molecular weight excluding hydrogens is 234 g/mol. The Morgan fingerprint density at radius 2 is 2.28 bits per heavy atom. The second-order valence-corrected chi connectivity index (χ2v) is 4.03. The highest BCUT2D eigenvalue weighted by Gasteiger charge is 2.26. The van der Waals surface area contributed by atoms with Gasteiger partial charge in [-0.05, 0) is 12.1 Å². The van der Waals surface area contributed by atoms with Gasteiger partial charge in [0.15, 0.2) is 5.78 Å². The molecule has 2 heterocycles. The number of carbonyl (C=O) groups excluding carboxylic acids is 3. The molecule has 0 bridgehead atoms. The maximum absolute atomic E-state index is 11.6. The van der Waals surface area contributed by atoms with E-state index < -0.39 is 0 Å². The van der Waals surface area contributed by atoms with Crippen LogP contribution in [0.4, 0.5) is 0 Å². The first-order valence-electron chi connectivity index (χ1n) is 5.64. The standard InChI is InChI=1S/C12H13N3O3/c16-10-6-11(17)15(8-10)5-4-14-12(18)9-2-1-3-13-7-9/h1-3,7H,4-6,8H2,(H,14,18). The van der Waals surface area contributed by atoms with Crippen LogP contribution in [0.1, 0.15) is 16.8 Å². The number of Topliss-reactive ketones (excluding diaryl/α,β-unsaturated/α-hetero) is 1. The summed E-state index contributed by atoms with van der Waals surface area (Å²) < 4.78 is 0. The zero-order valence-electron chi connectivity index (χ0n) is 9.76. The third-order valence-corrected chi connectivity index (χ3v) is 2.66. The minimum atomic E-state index is -0.235. The van der Waals surface area contributed by atoms with E-state index in [9.17, 15) is 14.4 Å². The minimum absolute atomic E-state index is 0.0173. The van der Waals surface area contributed by atoms with Gasteiger partial charge in [0, 0.05) is 25.5 Å². The molecule has 0 spiro atoms. The van der Waals surface area contributed by atoms with E-state index in [0.29, 0.717) is 18.7 Å². The van der Waals surface area contributed by atoms with E-state index in [-0.39, 0.29) is 30.6 Å². The zero-order valence-corrected chi connectivity index (χ0v) is 9.76. The van der Waals surface area contributed by atoms with Crippen molar-refractivity contribution in [2.75, 3.05) is 19.6 Å². The van der Waals surface area contributed by atoms with Crippen molar-refractivity contribution in [3.05, 3.63) is 30.1 Å². The molecule has 0 atom stereocenters. The minimum Gasteiger partial charge on any atom is -0.350 e. The third-order valence-electron chi connectivity index (χ3n) is 2.66. The molecule has 0 unspecified atom stereocenters. The van der Waals surface area contributed by atoms with E-state index >= 15 is 0 Å². The normalized spacial score (nSPS) is 15.0. The molecule has 6 heteroatoms. The molecular formula is C12H13N3O3. The summed E-state index contributed by atoms with van der Waals surface area (Å²) in [6, 6.07) is 3.34. The average molecular weight is 247 g/mol. The maximum Gasteiger partial charge on any atom is 0.252 e. The van der Waals surface area contributed by atoms with Crippen LogP contribution in [0.15, 0.2) is 24.5 Å². The molecule has 0 aliphatic carbocycles. The van der Waals surface area contributed by atoms with Crippen LogP contribution in [-0.2, 0) is 9.59 Å². The fraction of sp³-hybridized carbons (Fsp3) is 0.333. The van der Waals surface area contributed by atoms with Crippen molar-refractivity contribution in [2.24, 2.45) is 0 Å². The van der Waals surface area contributed by atoms with Crippen LogP contribution in [0.25, 0.3) is 0 Å². The summed E-state index contributed by atoms with van der Waals surface area (Å²) in [5, 5.41) is 2.68. The Morgan fingerprint density at radius 1 is 1.44 bits per heavy atom. The topological polar surface area (TPSA) is 79.4 Å². The molecule has 1 aromatic rings. The molecule has 1 saturated heterocycles. The van der Waals surface area contributed by atoms with Crippen molar-refractivity contribution in [2.45, 2.75) is 6.42 Å². The number of aromatic nitrogens is 1. The first kappa shape index (κ1) is 12.2. The summed E-state index contributed by atoms with van der Waals surface area (Å²) in [7, 11) is 0. The van der Waals surface area contributed by atoms with Gasteiger partial charge in [0.2, 0.25) is 5.91 Å². The van der Waals surface area contributed by atoms with E-state index in [1.807, 2.05) is 0 Å². The van der Waals surface area contributed by atoms with Crippen molar-refractivity contribution < 1.29 is 14.4 Å². The summed E-state index contributed by atoms with van der Waals surface area (Å²) in [5.74, 6) is -0.477. The molecule has 2 rings (SSSR count). The highest BCUT2D eigenvalue weighted by atomic mass is 16.2. The Kier molecular flexibility index (Phi) is 3.66. The van der Waals surface area contributed by atoms with Gasteiger partial charge < -0.3 is 10.2 Å². The quantitative estimate of drug-likeness (QED) is 0.735. The van der Waals surface area contributed by atoms with Crippen LogP contribution in [0.5, 0.6) is 0 Å². The van der Waals surface area contributed by atoms with Gasteiger partial charge in [-0.2, -0.15) is 0 Å². The van der Waals surface area contributed by atoms with E-state index in [1.54, 1.807) is 18.3 Å². The van der Waals surface area contributed by atoms with Gasteiger partial charge in [-0.15, -0.1) is 0 Å². The summed E-state index contributed by atoms with van der Waals surface area (Å²) in [5.41, 5.74) is 0.473. The summed E-state index contributed by atoms with van der Waals surface area (Å²) in [6.07, 6.45) is 3.04. The molecule has 1 aliphatic heterocycles. The number of nitrogens with zero attached hydrogens (tertiary/aromatic N) is 2. The number of hydrogen-bond donors (Lipinski definition) is 1. The summed E-state index contributed by atoms with van der Waals surface area (Å²) in [4.78, 5) is 39.3. The van der Waals surface area contributed by atoms with Crippen LogP contribution in [-0.4, -0.2) is 47.1 Å². The number of hydrogen-bond acceptors (Lipinski definition) is 4. The molecule has 1 aliphatic rings. The second-order valence-electron chi connectivity index (χ2n) is 4.03. The van der Waals surface area contributed by atoms with Crippen LogP contribution in [0, 0.1) is 0 Å². The largest absolute Gasteiger partial charge is 0.350 e. The molecule has 2 amide bonds. The fourth-order valence-electron chi connectivity index (χ4n) is 1.74. The monoisotopic (exact) mass is 247 g/mol. The van der Waals surface area contributed by atoms with Crippen molar-refractivity contribution in [1.82, 2.24) is 15.2 Å². The molecule has 18 heavy (non-hydrogen) atoms. The first-order chi connectivity index (χ1) is 8.66. The van der Waals surface area contributed by atoms with Gasteiger partial charge in [0.05, 0.1) is 18.5 Å². The van der Waals surface area contributed by atoms with Gasteiger partial charge in [-0.25, -0.2) is 0 Å². The Balaban J connectivity index is 1.78. The molecule has 0 aromatic carbocycles. The number of likely N-dealkylation sites (tertiary alicyclic amines) is 1. The molecule has 6 nitrogen and oxygen atoms in total. The highest BCUT2D eigenvalue weighted by molar-refractivity contribution is 6.05. The number of ketones is 1. The Labute approximate surface area is 104 Å². The number of rotatable bonds is 4. The molecule has 94 valence electrons.